The Morgan fingerprint density at radius 3 is 2.48 bits per heavy atom. The van der Waals surface area contributed by atoms with Crippen LogP contribution in [0.1, 0.15) is 11.1 Å². The highest BCUT2D eigenvalue weighted by Crippen LogP contribution is 2.36. The summed E-state index contributed by atoms with van der Waals surface area (Å²) in [6, 6.07) is 18.6. The van der Waals surface area contributed by atoms with E-state index >= 15 is 0 Å². The lowest BCUT2D eigenvalue weighted by Gasteiger charge is -2.12. The Morgan fingerprint density at radius 1 is 0.952 bits per heavy atom. The van der Waals surface area contributed by atoms with Crippen molar-refractivity contribution in [2.75, 3.05) is 0 Å². The van der Waals surface area contributed by atoms with Gasteiger partial charge in [0.1, 0.15) is 11.5 Å². The molecule has 0 aliphatic heterocycles. The van der Waals surface area contributed by atoms with Crippen LogP contribution in [0, 0.1) is 6.92 Å². The first-order chi connectivity index (χ1) is 10.2. The molecule has 3 heteroatoms. The van der Waals surface area contributed by atoms with Crippen LogP contribution in [0.2, 0.25) is 0 Å². The van der Waals surface area contributed by atoms with Gasteiger partial charge in [0.05, 0.1) is 4.47 Å². The summed E-state index contributed by atoms with van der Waals surface area (Å²) in [5.74, 6) is 1.72. The van der Waals surface area contributed by atoms with E-state index < -0.39 is 0 Å². The summed E-state index contributed by atoms with van der Waals surface area (Å²) in [4.78, 5) is 0. The van der Waals surface area contributed by atoms with E-state index in [1.807, 2.05) is 24.3 Å². The van der Waals surface area contributed by atoms with Crippen LogP contribution in [0.25, 0.3) is 10.8 Å². The molecule has 0 bridgehead atoms. The van der Waals surface area contributed by atoms with E-state index in [0.29, 0.717) is 0 Å². The molecule has 0 aromatic heterocycles. The molecule has 0 atom stereocenters. The van der Waals surface area contributed by atoms with Crippen LogP contribution in [0.5, 0.6) is 11.5 Å². The quantitative estimate of drug-likeness (QED) is 0.446. The normalized spacial score (nSPS) is 10.8. The zero-order valence-electron chi connectivity index (χ0n) is 11.6. The first kappa shape index (κ1) is 14.6. The number of benzene rings is 3. The average Bonchev–Trinajstić information content (AvgIpc) is 2.52. The summed E-state index contributed by atoms with van der Waals surface area (Å²) in [5, 5.41) is 3.21. The van der Waals surface area contributed by atoms with Crippen LogP contribution in [-0.4, -0.2) is 0 Å². The lowest BCUT2D eigenvalue weighted by Crippen LogP contribution is -1.90. The number of aryl methyl sites for hydroxylation is 1. The Kier molecular flexibility index (Phi) is 4.32. The summed E-state index contributed by atoms with van der Waals surface area (Å²) in [6.07, 6.45) is 0. The predicted octanol–water partition coefficient (Wildman–Crippen LogP) is 6.60. The van der Waals surface area contributed by atoms with Crippen molar-refractivity contribution in [3.63, 3.8) is 0 Å². The molecule has 106 valence electrons. The first-order valence-electron chi connectivity index (χ1n) is 6.69. The fourth-order valence-corrected chi connectivity index (χ4v) is 3.24. The van der Waals surface area contributed by atoms with Gasteiger partial charge in [-0.1, -0.05) is 58.4 Å². The van der Waals surface area contributed by atoms with Crippen LogP contribution in [0.3, 0.4) is 0 Å². The maximum atomic E-state index is 6.09. The standard InChI is InChI=1S/C18H14Br2O/c1-12-10-13(11-19)6-8-16(12)21-17-9-7-14-4-2-3-5-15(14)18(17)20/h2-10H,11H2,1H3. The maximum absolute atomic E-state index is 6.09. The Hall–Kier alpha value is -1.32. The van der Waals surface area contributed by atoms with Crippen molar-refractivity contribution >= 4 is 42.6 Å². The van der Waals surface area contributed by atoms with Crippen molar-refractivity contribution in [3.05, 3.63) is 70.2 Å². The minimum absolute atomic E-state index is 0.836. The van der Waals surface area contributed by atoms with E-state index in [9.17, 15) is 0 Å². The number of rotatable bonds is 3. The number of hydrogen-bond acceptors (Lipinski definition) is 1. The fraction of sp³-hybridized carbons (Fsp3) is 0.111. The smallest absolute Gasteiger partial charge is 0.142 e. The van der Waals surface area contributed by atoms with Crippen LogP contribution in [-0.2, 0) is 5.33 Å². The van der Waals surface area contributed by atoms with Gasteiger partial charge >= 0.3 is 0 Å². The molecular weight excluding hydrogens is 392 g/mol. The van der Waals surface area contributed by atoms with Crippen LogP contribution in [0.15, 0.2) is 59.1 Å². The van der Waals surface area contributed by atoms with Gasteiger partial charge in [-0.05, 0) is 56.9 Å². The van der Waals surface area contributed by atoms with Crippen LogP contribution in [0.4, 0.5) is 0 Å². The second-order valence-corrected chi connectivity index (χ2v) is 6.29. The van der Waals surface area contributed by atoms with Crippen molar-refractivity contribution in [2.24, 2.45) is 0 Å². The molecule has 3 rings (SSSR count). The maximum Gasteiger partial charge on any atom is 0.142 e. The van der Waals surface area contributed by atoms with Gasteiger partial charge in [0.15, 0.2) is 0 Å². The molecule has 0 spiro atoms. The van der Waals surface area contributed by atoms with Crippen molar-refractivity contribution < 1.29 is 4.74 Å². The van der Waals surface area contributed by atoms with Gasteiger partial charge in [-0.3, -0.25) is 0 Å². The third kappa shape index (κ3) is 2.99. The van der Waals surface area contributed by atoms with Gasteiger partial charge in [-0.2, -0.15) is 0 Å². The molecule has 0 N–H and O–H groups in total. The zero-order chi connectivity index (χ0) is 14.8. The molecule has 0 aliphatic carbocycles. The highest BCUT2D eigenvalue weighted by Gasteiger charge is 2.08. The summed E-state index contributed by atoms with van der Waals surface area (Å²) < 4.78 is 7.08. The van der Waals surface area contributed by atoms with Gasteiger partial charge in [-0.25, -0.2) is 0 Å². The molecule has 0 saturated heterocycles. The Bertz CT molecular complexity index is 796. The first-order valence-corrected chi connectivity index (χ1v) is 8.61. The van der Waals surface area contributed by atoms with Crippen LogP contribution < -0.4 is 4.74 Å². The number of halogens is 2. The van der Waals surface area contributed by atoms with E-state index in [4.69, 9.17) is 4.74 Å². The van der Waals surface area contributed by atoms with E-state index in [1.54, 1.807) is 0 Å². The highest BCUT2D eigenvalue weighted by molar-refractivity contribution is 9.10. The summed E-state index contributed by atoms with van der Waals surface area (Å²) in [5.41, 5.74) is 2.38. The number of hydrogen-bond donors (Lipinski definition) is 0. The topological polar surface area (TPSA) is 9.23 Å². The van der Waals surface area contributed by atoms with E-state index in [2.05, 4.69) is 69.1 Å². The van der Waals surface area contributed by atoms with Gasteiger partial charge in [0.2, 0.25) is 0 Å². The monoisotopic (exact) mass is 404 g/mol. The molecule has 0 amide bonds. The van der Waals surface area contributed by atoms with Crippen LogP contribution >= 0.6 is 31.9 Å². The Balaban J connectivity index is 2.00. The Morgan fingerprint density at radius 2 is 1.71 bits per heavy atom. The van der Waals surface area contributed by atoms with Gasteiger partial charge < -0.3 is 4.74 Å². The zero-order valence-corrected chi connectivity index (χ0v) is 14.7. The molecule has 0 unspecified atom stereocenters. The average molecular weight is 406 g/mol. The number of alkyl halides is 1. The van der Waals surface area contributed by atoms with Crippen molar-refractivity contribution in [1.29, 1.82) is 0 Å². The van der Waals surface area contributed by atoms with Crippen molar-refractivity contribution in [1.82, 2.24) is 0 Å². The third-order valence-electron chi connectivity index (χ3n) is 3.44. The molecule has 3 aromatic carbocycles. The molecular formula is C18H14Br2O. The van der Waals surface area contributed by atoms with Gasteiger partial charge in [0, 0.05) is 5.33 Å². The lowest BCUT2D eigenvalue weighted by atomic mass is 10.1. The predicted molar refractivity (Wildman–Crippen MR) is 95.5 cm³/mol. The number of ether oxygens (including phenoxy) is 1. The largest absolute Gasteiger partial charge is 0.456 e. The van der Waals surface area contributed by atoms with E-state index in [0.717, 1.165) is 32.3 Å². The second kappa shape index (κ2) is 6.20. The molecule has 0 heterocycles. The van der Waals surface area contributed by atoms with E-state index in [1.165, 1.54) is 10.9 Å². The van der Waals surface area contributed by atoms with Crippen molar-refractivity contribution in [2.45, 2.75) is 12.3 Å². The fourth-order valence-electron chi connectivity index (χ4n) is 2.32. The summed E-state index contributed by atoms with van der Waals surface area (Å²) >= 11 is 7.13. The summed E-state index contributed by atoms with van der Waals surface area (Å²) in [6.45, 7) is 2.07. The molecule has 0 saturated carbocycles. The van der Waals surface area contributed by atoms with E-state index in [-0.39, 0.29) is 0 Å². The summed E-state index contributed by atoms with van der Waals surface area (Å²) in [7, 11) is 0. The SMILES string of the molecule is Cc1cc(CBr)ccc1Oc1ccc2ccccc2c1Br. The molecule has 3 aromatic rings. The molecule has 0 fully saturated rings. The minimum atomic E-state index is 0.836. The number of fused-ring (bicyclic) bond motifs is 1. The minimum Gasteiger partial charge on any atom is -0.456 e. The molecule has 0 radical (unpaired) electrons. The molecule has 21 heavy (non-hydrogen) atoms. The highest BCUT2D eigenvalue weighted by atomic mass is 79.9. The van der Waals surface area contributed by atoms with Crippen molar-refractivity contribution in [3.8, 4) is 11.5 Å². The molecule has 0 aliphatic rings. The van der Waals surface area contributed by atoms with Gasteiger partial charge in [-0.15, -0.1) is 0 Å². The molecule has 1 nitrogen and oxygen atoms in total. The second-order valence-electron chi connectivity index (χ2n) is 4.93. The Labute approximate surface area is 141 Å². The lowest BCUT2D eigenvalue weighted by molar-refractivity contribution is 0.476. The van der Waals surface area contributed by atoms with Gasteiger partial charge in [0.25, 0.3) is 0 Å². The third-order valence-corrected chi connectivity index (χ3v) is 4.91.